The standard InChI is InChI=1S/C6H5IO4S2/c1-13(10,11)3-2-12-5(4(3)7)6(8)9/h2H,1H3,(H,8,9). The Morgan fingerprint density at radius 3 is 2.38 bits per heavy atom. The molecule has 0 saturated heterocycles. The second kappa shape index (κ2) is 3.54. The zero-order chi connectivity index (χ0) is 10.2. The highest BCUT2D eigenvalue weighted by Crippen LogP contribution is 2.27. The highest BCUT2D eigenvalue weighted by atomic mass is 127. The highest BCUT2D eigenvalue weighted by molar-refractivity contribution is 14.1. The van der Waals surface area contributed by atoms with Gasteiger partial charge in [0.15, 0.2) is 9.84 Å². The molecule has 1 aromatic rings. The molecular weight excluding hydrogens is 327 g/mol. The number of hydrogen-bond donors (Lipinski definition) is 1. The Bertz CT molecular complexity index is 445. The lowest BCUT2D eigenvalue weighted by Gasteiger charge is -1.94. The Balaban J connectivity index is 3.39. The number of hydrogen-bond acceptors (Lipinski definition) is 4. The average Bonchev–Trinajstić information content (AvgIpc) is 2.28. The van der Waals surface area contributed by atoms with Crippen molar-refractivity contribution in [1.82, 2.24) is 0 Å². The van der Waals surface area contributed by atoms with Crippen molar-refractivity contribution in [2.24, 2.45) is 0 Å². The van der Waals surface area contributed by atoms with Crippen LogP contribution in [-0.2, 0) is 9.84 Å². The van der Waals surface area contributed by atoms with E-state index in [0.29, 0.717) is 0 Å². The molecule has 1 aromatic heterocycles. The van der Waals surface area contributed by atoms with Crippen LogP contribution in [0.5, 0.6) is 0 Å². The first kappa shape index (κ1) is 10.9. The van der Waals surface area contributed by atoms with Crippen molar-refractivity contribution < 1.29 is 18.3 Å². The average molecular weight is 332 g/mol. The van der Waals surface area contributed by atoms with Gasteiger partial charge in [0, 0.05) is 11.6 Å². The minimum atomic E-state index is -3.31. The SMILES string of the molecule is CS(=O)(=O)c1csc(C(=O)O)c1I. The number of thiophene rings is 1. The maximum absolute atomic E-state index is 11.1. The Morgan fingerprint density at radius 1 is 1.62 bits per heavy atom. The van der Waals surface area contributed by atoms with E-state index in [1.165, 1.54) is 5.38 Å². The molecule has 0 amide bonds. The molecule has 1 rings (SSSR count). The lowest BCUT2D eigenvalue weighted by molar-refractivity contribution is 0.0701. The van der Waals surface area contributed by atoms with E-state index < -0.39 is 15.8 Å². The van der Waals surface area contributed by atoms with E-state index in [2.05, 4.69) is 0 Å². The zero-order valence-corrected chi connectivity index (χ0v) is 10.2. The Morgan fingerprint density at radius 2 is 2.15 bits per heavy atom. The molecular formula is C6H5IO4S2. The molecule has 4 nitrogen and oxygen atoms in total. The number of carboxylic acids is 1. The normalized spacial score (nSPS) is 11.5. The third kappa shape index (κ3) is 2.20. The van der Waals surface area contributed by atoms with Gasteiger partial charge in [-0.05, 0) is 22.6 Å². The van der Waals surface area contributed by atoms with Crippen molar-refractivity contribution >= 4 is 49.7 Å². The fraction of sp³-hybridized carbons (Fsp3) is 0.167. The molecule has 0 unspecified atom stereocenters. The van der Waals surface area contributed by atoms with Crippen LogP contribution in [0.3, 0.4) is 0 Å². The first-order valence-corrected chi connectivity index (χ1v) is 6.89. The maximum Gasteiger partial charge on any atom is 0.347 e. The summed E-state index contributed by atoms with van der Waals surface area (Å²) in [5.41, 5.74) is 0. The van der Waals surface area contributed by atoms with Crippen LogP contribution in [0.1, 0.15) is 9.67 Å². The molecule has 13 heavy (non-hydrogen) atoms. The lowest BCUT2D eigenvalue weighted by Crippen LogP contribution is -2.00. The van der Waals surface area contributed by atoms with Gasteiger partial charge in [-0.25, -0.2) is 13.2 Å². The van der Waals surface area contributed by atoms with Crippen molar-refractivity contribution in [3.05, 3.63) is 13.8 Å². The van der Waals surface area contributed by atoms with Crippen LogP contribution in [0.15, 0.2) is 10.3 Å². The molecule has 0 radical (unpaired) electrons. The predicted octanol–water partition coefficient (Wildman–Crippen LogP) is 1.45. The fourth-order valence-corrected chi connectivity index (χ4v) is 4.89. The smallest absolute Gasteiger partial charge is 0.347 e. The summed E-state index contributed by atoms with van der Waals surface area (Å²) in [7, 11) is -3.31. The number of aromatic carboxylic acids is 1. The van der Waals surface area contributed by atoms with Gasteiger partial charge in [-0.15, -0.1) is 11.3 Å². The van der Waals surface area contributed by atoms with Gasteiger partial charge in [0.05, 0.1) is 8.47 Å². The van der Waals surface area contributed by atoms with E-state index >= 15 is 0 Å². The molecule has 0 aliphatic heterocycles. The zero-order valence-electron chi connectivity index (χ0n) is 6.44. The second-order valence-corrected chi connectivity index (χ2v) is 6.26. The monoisotopic (exact) mass is 332 g/mol. The minimum Gasteiger partial charge on any atom is -0.477 e. The molecule has 0 saturated carbocycles. The molecule has 1 heterocycles. The van der Waals surface area contributed by atoms with Crippen molar-refractivity contribution in [3.8, 4) is 0 Å². The Labute approximate surface area is 92.6 Å². The van der Waals surface area contributed by atoms with Crippen molar-refractivity contribution in [2.45, 2.75) is 4.90 Å². The molecule has 0 bridgehead atoms. The van der Waals surface area contributed by atoms with Crippen molar-refractivity contribution in [2.75, 3.05) is 6.26 Å². The number of halogens is 1. The molecule has 0 aliphatic carbocycles. The van der Waals surface area contributed by atoms with Gasteiger partial charge in [0.25, 0.3) is 0 Å². The van der Waals surface area contributed by atoms with E-state index in [0.717, 1.165) is 17.6 Å². The maximum atomic E-state index is 11.1. The van der Waals surface area contributed by atoms with Gasteiger partial charge in [0.1, 0.15) is 4.88 Å². The van der Waals surface area contributed by atoms with Crippen LogP contribution in [0.25, 0.3) is 0 Å². The summed E-state index contributed by atoms with van der Waals surface area (Å²) >= 11 is 2.65. The quantitative estimate of drug-likeness (QED) is 0.833. The number of sulfone groups is 1. The van der Waals surface area contributed by atoms with Gasteiger partial charge in [-0.3, -0.25) is 0 Å². The van der Waals surface area contributed by atoms with Gasteiger partial charge in [0.2, 0.25) is 0 Å². The number of carboxylic acid groups (broad SMARTS) is 1. The second-order valence-electron chi connectivity index (χ2n) is 2.32. The predicted molar refractivity (Wildman–Crippen MR) is 57.1 cm³/mol. The molecule has 0 aliphatic rings. The van der Waals surface area contributed by atoms with Gasteiger partial charge in [-0.2, -0.15) is 0 Å². The van der Waals surface area contributed by atoms with Crippen LogP contribution >= 0.6 is 33.9 Å². The van der Waals surface area contributed by atoms with Crippen LogP contribution in [0.4, 0.5) is 0 Å². The number of rotatable bonds is 2. The van der Waals surface area contributed by atoms with Crippen molar-refractivity contribution in [1.29, 1.82) is 0 Å². The van der Waals surface area contributed by atoms with E-state index in [4.69, 9.17) is 5.11 Å². The van der Waals surface area contributed by atoms with Gasteiger partial charge < -0.3 is 5.11 Å². The summed E-state index contributed by atoms with van der Waals surface area (Å²) in [6, 6.07) is 0. The molecule has 7 heteroatoms. The first-order valence-electron chi connectivity index (χ1n) is 3.04. The van der Waals surface area contributed by atoms with Crippen LogP contribution in [0.2, 0.25) is 0 Å². The molecule has 72 valence electrons. The first-order chi connectivity index (χ1) is 5.84. The molecule has 1 N–H and O–H groups in total. The Kier molecular flexibility index (Phi) is 2.98. The topological polar surface area (TPSA) is 71.4 Å². The summed E-state index contributed by atoms with van der Waals surface area (Å²) in [5, 5.41) is 10.0. The fourth-order valence-electron chi connectivity index (χ4n) is 0.722. The van der Waals surface area contributed by atoms with Crippen LogP contribution in [-0.4, -0.2) is 25.7 Å². The van der Waals surface area contributed by atoms with Crippen molar-refractivity contribution in [3.63, 3.8) is 0 Å². The summed E-state index contributed by atoms with van der Waals surface area (Å²) in [6.07, 6.45) is 1.06. The van der Waals surface area contributed by atoms with Crippen LogP contribution < -0.4 is 0 Å². The molecule has 0 spiro atoms. The largest absolute Gasteiger partial charge is 0.477 e. The highest BCUT2D eigenvalue weighted by Gasteiger charge is 2.20. The van der Waals surface area contributed by atoms with Crippen LogP contribution in [0, 0.1) is 3.57 Å². The third-order valence-corrected chi connectivity index (χ3v) is 5.38. The van der Waals surface area contributed by atoms with E-state index in [1.807, 2.05) is 0 Å². The van der Waals surface area contributed by atoms with Gasteiger partial charge in [-0.1, -0.05) is 0 Å². The third-order valence-electron chi connectivity index (χ3n) is 1.29. The summed E-state index contributed by atoms with van der Waals surface area (Å²) < 4.78 is 22.5. The Hall–Kier alpha value is -0.150. The molecule has 0 fully saturated rings. The van der Waals surface area contributed by atoms with Gasteiger partial charge >= 0.3 is 5.97 Å². The molecule has 0 atom stereocenters. The number of carbonyl (C=O) groups is 1. The van der Waals surface area contributed by atoms with E-state index in [9.17, 15) is 13.2 Å². The summed E-state index contributed by atoms with van der Waals surface area (Å²) in [4.78, 5) is 10.7. The summed E-state index contributed by atoms with van der Waals surface area (Å²) in [5.74, 6) is -1.09. The van der Waals surface area contributed by atoms with E-state index in [1.54, 1.807) is 22.6 Å². The lowest BCUT2D eigenvalue weighted by atomic mass is 10.5. The molecule has 0 aromatic carbocycles. The minimum absolute atomic E-state index is 0.0704. The summed E-state index contributed by atoms with van der Waals surface area (Å²) in [6.45, 7) is 0. The van der Waals surface area contributed by atoms with E-state index in [-0.39, 0.29) is 13.3 Å².